The third-order valence-corrected chi connectivity index (χ3v) is 4.51. The van der Waals surface area contributed by atoms with Crippen molar-refractivity contribution in [1.82, 2.24) is 4.90 Å². The molecule has 5 heteroatoms. The quantitative estimate of drug-likeness (QED) is 0.800. The maximum absolute atomic E-state index is 12.5. The van der Waals surface area contributed by atoms with Gasteiger partial charge in [-0.05, 0) is 36.8 Å². The van der Waals surface area contributed by atoms with Crippen LogP contribution in [0.4, 0.5) is 5.69 Å². The third-order valence-electron chi connectivity index (χ3n) is 4.51. The highest BCUT2D eigenvalue weighted by molar-refractivity contribution is 5.80. The maximum atomic E-state index is 12.5. The van der Waals surface area contributed by atoms with Crippen LogP contribution in [0.3, 0.4) is 0 Å². The number of nitrogens with zero attached hydrogens (tertiary/aromatic N) is 2. The van der Waals surface area contributed by atoms with Gasteiger partial charge in [0.2, 0.25) is 0 Å². The molecule has 0 radical (unpaired) electrons. The molecule has 0 saturated carbocycles. The zero-order valence-corrected chi connectivity index (χ0v) is 15.4. The summed E-state index contributed by atoms with van der Waals surface area (Å²) in [5.41, 5.74) is 2.30. The zero-order valence-electron chi connectivity index (χ0n) is 15.4. The molecule has 2 aromatic rings. The van der Waals surface area contributed by atoms with Crippen molar-refractivity contribution in [2.75, 3.05) is 38.3 Å². The first-order chi connectivity index (χ1) is 12.6. The average molecular weight is 354 g/mol. The molecule has 0 spiro atoms. The largest absolute Gasteiger partial charge is 0.481 e. The van der Waals surface area contributed by atoms with Crippen molar-refractivity contribution in [2.24, 2.45) is 0 Å². The lowest BCUT2D eigenvalue weighted by Crippen LogP contribution is -2.37. The predicted molar refractivity (Wildman–Crippen MR) is 102 cm³/mol. The van der Waals surface area contributed by atoms with Gasteiger partial charge in [0.25, 0.3) is 5.91 Å². The van der Waals surface area contributed by atoms with Crippen LogP contribution in [0.25, 0.3) is 0 Å². The van der Waals surface area contributed by atoms with E-state index in [0.717, 1.165) is 31.9 Å². The number of ether oxygens (including phenoxy) is 2. The summed E-state index contributed by atoms with van der Waals surface area (Å²) < 4.78 is 11.1. The van der Waals surface area contributed by atoms with Gasteiger partial charge in [0.15, 0.2) is 6.10 Å². The Hall–Kier alpha value is -2.53. The van der Waals surface area contributed by atoms with Gasteiger partial charge in [-0.25, -0.2) is 0 Å². The minimum Gasteiger partial charge on any atom is -0.481 e. The number of hydrogen-bond donors (Lipinski definition) is 0. The number of carbonyl (C=O) groups is 1. The Bertz CT molecular complexity index is 697. The molecule has 1 aliphatic rings. The van der Waals surface area contributed by atoms with E-state index >= 15 is 0 Å². The number of morpholine rings is 1. The van der Waals surface area contributed by atoms with Crippen LogP contribution in [0.15, 0.2) is 54.6 Å². The smallest absolute Gasteiger partial charge is 0.263 e. The summed E-state index contributed by atoms with van der Waals surface area (Å²) in [6.07, 6.45) is -0.518. The Balaban J connectivity index is 1.54. The highest BCUT2D eigenvalue weighted by Crippen LogP contribution is 2.18. The van der Waals surface area contributed by atoms with E-state index in [1.807, 2.05) is 37.4 Å². The molecule has 138 valence electrons. The van der Waals surface area contributed by atoms with Crippen molar-refractivity contribution in [2.45, 2.75) is 19.6 Å². The molecule has 2 aromatic carbocycles. The first-order valence-corrected chi connectivity index (χ1v) is 9.02. The van der Waals surface area contributed by atoms with Crippen LogP contribution in [-0.2, 0) is 16.1 Å². The minimum atomic E-state index is -0.518. The van der Waals surface area contributed by atoms with Gasteiger partial charge < -0.3 is 19.3 Å². The molecule has 5 nitrogen and oxygen atoms in total. The summed E-state index contributed by atoms with van der Waals surface area (Å²) >= 11 is 0. The van der Waals surface area contributed by atoms with Crippen molar-refractivity contribution in [1.29, 1.82) is 0 Å². The number of benzene rings is 2. The predicted octanol–water partition coefficient (Wildman–Crippen LogP) is 2.95. The van der Waals surface area contributed by atoms with E-state index in [1.54, 1.807) is 11.8 Å². The molecule has 1 heterocycles. The molecule has 1 atom stereocenters. The van der Waals surface area contributed by atoms with Gasteiger partial charge in [-0.15, -0.1) is 0 Å². The molecule has 0 bridgehead atoms. The normalized spacial score (nSPS) is 15.4. The lowest BCUT2D eigenvalue weighted by atomic mass is 10.1. The first-order valence-electron chi connectivity index (χ1n) is 9.02. The number of para-hydroxylation sites is 1. The van der Waals surface area contributed by atoms with E-state index in [-0.39, 0.29) is 5.91 Å². The van der Waals surface area contributed by atoms with Crippen LogP contribution >= 0.6 is 0 Å². The van der Waals surface area contributed by atoms with E-state index in [1.165, 1.54) is 5.69 Å². The highest BCUT2D eigenvalue weighted by atomic mass is 16.5. The lowest BCUT2D eigenvalue weighted by molar-refractivity contribution is -0.137. The molecule has 1 unspecified atom stereocenters. The van der Waals surface area contributed by atoms with Gasteiger partial charge in [0.1, 0.15) is 5.75 Å². The SMILES string of the molecule is CC(Oc1ccccc1)C(=O)N(C)Cc1ccc(N2CCOCC2)cc1. The molecular formula is C21H26N2O3. The van der Waals surface area contributed by atoms with Gasteiger partial charge in [0, 0.05) is 32.4 Å². The van der Waals surface area contributed by atoms with Gasteiger partial charge in [-0.3, -0.25) is 4.79 Å². The Kier molecular flexibility index (Phi) is 6.12. The summed E-state index contributed by atoms with van der Waals surface area (Å²) in [4.78, 5) is 16.6. The van der Waals surface area contributed by atoms with E-state index in [4.69, 9.17) is 9.47 Å². The number of likely N-dealkylation sites (N-methyl/N-ethyl adjacent to an activating group) is 1. The van der Waals surface area contributed by atoms with Crippen molar-refractivity contribution >= 4 is 11.6 Å². The van der Waals surface area contributed by atoms with Crippen molar-refractivity contribution in [3.8, 4) is 5.75 Å². The summed E-state index contributed by atoms with van der Waals surface area (Å²) in [5.74, 6) is 0.669. The average Bonchev–Trinajstić information content (AvgIpc) is 2.69. The Labute approximate surface area is 155 Å². The summed E-state index contributed by atoms with van der Waals surface area (Å²) in [5, 5.41) is 0. The van der Waals surface area contributed by atoms with Crippen LogP contribution < -0.4 is 9.64 Å². The molecule has 0 N–H and O–H groups in total. The number of carbonyl (C=O) groups excluding carboxylic acids is 1. The van der Waals surface area contributed by atoms with Crippen molar-refractivity contribution in [3.63, 3.8) is 0 Å². The fourth-order valence-electron chi connectivity index (χ4n) is 3.05. The minimum absolute atomic E-state index is 0.0360. The Morgan fingerprint density at radius 1 is 1.12 bits per heavy atom. The van der Waals surface area contributed by atoms with E-state index < -0.39 is 6.10 Å². The molecule has 0 aromatic heterocycles. The molecule has 1 aliphatic heterocycles. The number of anilines is 1. The van der Waals surface area contributed by atoms with E-state index in [2.05, 4.69) is 29.2 Å². The highest BCUT2D eigenvalue weighted by Gasteiger charge is 2.19. The maximum Gasteiger partial charge on any atom is 0.263 e. The van der Waals surface area contributed by atoms with Crippen LogP contribution in [-0.4, -0.2) is 50.3 Å². The monoisotopic (exact) mass is 354 g/mol. The van der Waals surface area contributed by atoms with Crippen molar-refractivity contribution < 1.29 is 14.3 Å². The van der Waals surface area contributed by atoms with E-state index in [9.17, 15) is 4.79 Å². The fourth-order valence-corrected chi connectivity index (χ4v) is 3.05. The number of hydrogen-bond acceptors (Lipinski definition) is 4. The second kappa shape index (κ2) is 8.72. The van der Waals surface area contributed by atoms with E-state index in [0.29, 0.717) is 12.3 Å². The number of amides is 1. The van der Waals surface area contributed by atoms with Gasteiger partial charge in [-0.1, -0.05) is 30.3 Å². The second-order valence-electron chi connectivity index (χ2n) is 6.53. The van der Waals surface area contributed by atoms with Crippen LogP contribution in [0.1, 0.15) is 12.5 Å². The summed E-state index contributed by atoms with van der Waals surface area (Å²) in [7, 11) is 1.81. The van der Waals surface area contributed by atoms with Gasteiger partial charge in [0.05, 0.1) is 13.2 Å². The lowest BCUT2D eigenvalue weighted by Gasteiger charge is -2.29. The fraction of sp³-hybridized carbons (Fsp3) is 0.381. The van der Waals surface area contributed by atoms with Crippen molar-refractivity contribution in [3.05, 3.63) is 60.2 Å². The van der Waals surface area contributed by atoms with Crippen LogP contribution in [0, 0.1) is 0 Å². The molecule has 3 rings (SSSR count). The molecule has 1 fully saturated rings. The number of rotatable bonds is 6. The molecule has 1 saturated heterocycles. The Morgan fingerprint density at radius 3 is 2.42 bits per heavy atom. The third kappa shape index (κ3) is 4.76. The van der Waals surface area contributed by atoms with Crippen LogP contribution in [0.2, 0.25) is 0 Å². The second-order valence-corrected chi connectivity index (χ2v) is 6.53. The molecular weight excluding hydrogens is 328 g/mol. The van der Waals surface area contributed by atoms with Gasteiger partial charge in [-0.2, -0.15) is 0 Å². The summed E-state index contributed by atoms with van der Waals surface area (Å²) in [6.45, 7) is 5.74. The Morgan fingerprint density at radius 2 is 1.77 bits per heavy atom. The molecule has 1 amide bonds. The van der Waals surface area contributed by atoms with Gasteiger partial charge >= 0.3 is 0 Å². The van der Waals surface area contributed by atoms with Crippen LogP contribution in [0.5, 0.6) is 5.75 Å². The zero-order chi connectivity index (χ0) is 18.4. The molecule has 0 aliphatic carbocycles. The first kappa shape index (κ1) is 18.3. The summed E-state index contributed by atoms with van der Waals surface area (Å²) in [6, 6.07) is 17.8. The standard InChI is InChI=1S/C21H26N2O3/c1-17(26-20-6-4-3-5-7-20)21(24)22(2)16-18-8-10-19(11-9-18)23-12-14-25-15-13-23/h3-11,17H,12-16H2,1-2H3. The molecule has 26 heavy (non-hydrogen) atoms. The topological polar surface area (TPSA) is 42.0 Å².